The van der Waals surface area contributed by atoms with Gasteiger partial charge in [0, 0.05) is 10.0 Å². The van der Waals surface area contributed by atoms with Crippen LogP contribution in [0.3, 0.4) is 0 Å². The highest BCUT2D eigenvalue weighted by atomic mass is 79.9. The summed E-state index contributed by atoms with van der Waals surface area (Å²) in [5.41, 5.74) is 0.881. The standard InChI is InChI=1S/C10H11BrO4/c1-5-7(11)4-6(10(12)13)9(15-3)8(5)14-2/h4H,1-3H3,(H,12,13). The molecule has 0 amide bonds. The normalized spacial score (nSPS) is 9.87. The zero-order valence-corrected chi connectivity index (χ0v) is 10.2. The highest BCUT2D eigenvalue weighted by Gasteiger charge is 2.20. The van der Waals surface area contributed by atoms with Gasteiger partial charge in [0.15, 0.2) is 11.5 Å². The van der Waals surface area contributed by atoms with E-state index < -0.39 is 5.97 Å². The molecule has 0 heterocycles. The molecule has 0 fully saturated rings. The Kier molecular flexibility index (Phi) is 3.57. The largest absolute Gasteiger partial charge is 0.493 e. The van der Waals surface area contributed by atoms with Gasteiger partial charge in [-0.3, -0.25) is 0 Å². The topological polar surface area (TPSA) is 55.8 Å². The van der Waals surface area contributed by atoms with E-state index in [-0.39, 0.29) is 11.3 Å². The molecule has 15 heavy (non-hydrogen) atoms. The van der Waals surface area contributed by atoms with Gasteiger partial charge in [0.2, 0.25) is 0 Å². The molecule has 0 aliphatic carbocycles. The van der Waals surface area contributed by atoms with Gasteiger partial charge in [-0.05, 0) is 13.0 Å². The van der Waals surface area contributed by atoms with Gasteiger partial charge < -0.3 is 14.6 Å². The summed E-state index contributed by atoms with van der Waals surface area (Å²) in [6.07, 6.45) is 0. The van der Waals surface area contributed by atoms with Crippen molar-refractivity contribution in [2.75, 3.05) is 14.2 Å². The molecule has 0 aliphatic rings. The second kappa shape index (κ2) is 4.53. The first-order chi connectivity index (χ1) is 7.02. The summed E-state index contributed by atoms with van der Waals surface area (Å²) in [5, 5.41) is 8.98. The van der Waals surface area contributed by atoms with Crippen molar-refractivity contribution in [3.8, 4) is 11.5 Å². The van der Waals surface area contributed by atoms with E-state index in [2.05, 4.69) is 15.9 Å². The van der Waals surface area contributed by atoms with Gasteiger partial charge in [-0.25, -0.2) is 4.79 Å². The second-order valence-corrected chi connectivity index (χ2v) is 3.76. The molecule has 4 nitrogen and oxygen atoms in total. The number of methoxy groups -OCH3 is 2. The summed E-state index contributed by atoms with van der Waals surface area (Å²) in [6.45, 7) is 1.82. The van der Waals surface area contributed by atoms with Gasteiger partial charge in [0.1, 0.15) is 5.56 Å². The van der Waals surface area contributed by atoms with E-state index in [0.29, 0.717) is 10.2 Å². The number of hydrogen-bond donors (Lipinski definition) is 1. The molecule has 0 unspecified atom stereocenters. The molecule has 1 aromatic carbocycles. The summed E-state index contributed by atoms with van der Waals surface area (Å²) in [7, 11) is 2.89. The Bertz CT molecular complexity index is 401. The summed E-state index contributed by atoms with van der Waals surface area (Å²) in [4.78, 5) is 11.0. The molecule has 1 rings (SSSR count). The molecule has 0 aliphatic heterocycles. The first-order valence-electron chi connectivity index (χ1n) is 4.17. The zero-order valence-electron chi connectivity index (χ0n) is 8.63. The summed E-state index contributed by atoms with van der Waals surface area (Å²) >= 11 is 3.27. The van der Waals surface area contributed by atoms with E-state index in [4.69, 9.17) is 14.6 Å². The molecule has 0 bridgehead atoms. The van der Waals surface area contributed by atoms with Crippen LogP contribution in [0.2, 0.25) is 0 Å². The van der Waals surface area contributed by atoms with Crippen LogP contribution in [-0.2, 0) is 0 Å². The SMILES string of the molecule is COc1c(C(=O)O)cc(Br)c(C)c1OC. The van der Waals surface area contributed by atoms with Gasteiger partial charge in [-0.1, -0.05) is 15.9 Å². The Morgan fingerprint density at radius 3 is 2.27 bits per heavy atom. The van der Waals surface area contributed by atoms with Crippen molar-refractivity contribution < 1.29 is 19.4 Å². The molecule has 0 aromatic heterocycles. The quantitative estimate of drug-likeness (QED) is 0.920. The molecule has 0 saturated heterocycles. The van der Waals surface area contributed by atoms with Crippen molar-refractivity contribution in [3.05, 3.63) is 21.7 Å². The van der Waals surface area contributed by atoms with E-state index in [9.17, 15) is 4.79 Å². The van der Waals surface area contributed by atoms with Crippen molar-refractivity contribution in [3.63, 3.8) is 0 Å². The van der Waals surface area contributed by atoms with Crippen molar-refractivity contribution in [2.24, 2.45) is 0 Å². The van der Waals surface area contributed by atoms with Crippen LogP contribution in [0.1, 0.15) is 15.9 Å². The van der Waals surface area contributed by atoms with Gasteiger partial charge in [-0.15, -0.1) is 0 Å². The van der Waals surface area contributed by atoms with Gasteiger partial charge in [0.25, 0.3) is 0 Å². The minimum absolute atomic E-state index is 0.0758. The summed E-state index contributed by atoms with van der Waals surface area (Å²) in [5.74, 6) is -0.374. The smallest absolute Gasteiger partial charge is 0.339 e. The average Bonchev–Trinajstić information content (AvgIpc) is 2.20. The number of ether oxygens (including phenoxy) is 2. The molecule has 0 atom stereocenters. The molecule has 0 saturated carbocycles. The summed E-state index contributed by atoms with van der Waals surface area (Å²) < 4.78 is 10.8. The fraction of sp³-hybridized carbons (Fsp3) is 0.300. The molecule has 1 N–H and O–H groups in total. The highest BCUT2D eigenvalue weighted by molar-refractivity contribution is 9.10. The third-order valence-electron chi connectivity index (χ3n) is 2.06. The lowest BCUT2D eigenvalue weighted by Crippen LogP contribution is -2.04. The Labute approximate surface area is 95.9 Å². The van der Waals surface area contributed by atoms with Gasteiger partial charge >= 0.3 is 5.97 Å². The fourth-order valence-corrected chi connectivity index (χ4v) is 1.72. The van der Waals surface area contributed by atoms with Crippen LogP contribution in [0, 0.1) is 6.92 Å². The molecule has 0 spiro atoms. The lowest BCUT2D eigenvalue weighted by molar-refractivity contribution is 0.0692. The summed E-state index contributed by atoms with van der Waals surface area (Å²) in [6, 6.07) is 1.50. The van der Waals surface area contributed by atoms with Crippen LogP contribution in [0.25, 0.3) is 0 Å². The Morgan fingerprint density at radius 1 is 1.33 bits per heavy atom. The van der Waals surface area contributed by atoms with Crippen molar-refractivity contribution in [1.29, 1.82) is 0 Å². The number of carbonyl (C=O) groups is 1. The predicted molar refractivity (Wildman–Crippen MR) is 58.9 cm³/mol. The van der Waals surface area contributed by atoms with E-state index in [1.165, 1.54) is 20.3 Å². The van der Waals surface area contributed by atoms with Crippen LogP contribution in [0.5, 0.6) is 11.5 Å². The van der Waals surface area contributed by atoms with Crippen LogP contribution in [0.4, 0.5) is 0 Å². The average molecular weight is 275 g/mol. The number of carboxylic acids is 1. The van der Waals surface area contributed by atoms with Gasteiger partial charge in [0.05, 0.1) is 14.2 Å². The number of aromatic carboxylic acids is 1. The van der Waals surface area contributed by atoms with Crippen molar-refractivity contribution in [1.82, 2.24) is 0 Å². The van der Waals surface area contributed by atoms with Crippen LogP contribution < -0.4 is 9.47 Å². The minimum Gasteiger partial charge on any atom is -0.493 e. The van der Waals surface area contributed by atoms with Crippen molar-refractivity contribution in [2.45, 2.75) is 6.92 Å². The first-order valence-corrected chi connectivity index (χ1v) is 4.96. The lowest BCUT2D eigenvalue weighted by Gasteiger charge is -2.14. The predicted octanol–water partition coefficient (Wildman–Crippen LogP) is 2.47. The number of rotatable bonds is 3. The maximum atomic E-state index is 11.0. The third-order valence-corrected chi connectivity index (χ3v) is 2.88. The van der Waals surface area contributed by atoms with Gasteiger partial charge in [-0.2, -0.15) is 0 Å². The molecular weight excluding hydrogens is 264 g/mol. The van der Waals surface area contributed by atoms with E-state index in [1.807, 2.05) is 6.92 Å². The molecule has 0 radical (unpaired) electrons. The maximum absolute atomic E-state index is 11.0. The van der Waals surface area contributed by atoms with E-state index in [1.54, 1.807) is 0 Å². The Hall–Kier alpha value is -1.23. The third kappa shape index (κ3) is 2.07. The maximum Gasteiger partial charge on any atom is 0.339 e. The number of benzene rings is 1. The first kappa shape index (κ1) is 11.8. The highest BCUT2D eigenvalue weighted by Crippen LogP contribution is 2.38. The number of carboxylic acid groups (broad SMARTS) is 1. The Morgan fingerprint density at radius 2 is 1.87 bits per heavy atom. The minimum atomic E-state index is -1.05. The van der Waals surface area contributed by atoms with Crippen LogP contribution >= 0.6 is 15.9 Å². The lowest BCUT2D eigenvalue weighted by atomic mass is 10.1. The molecule has 5 heteroatoms. The van der Waals surface area contributed by atoms with Crippen molar-refractivity contribution >= 4 is 21.9 Å². The van der Waals surface area contributed by atoms with Crippen LogP contribution in [0.15, 0.2) is 10.5 Å². The van der Waals surface area contributed by atoms with E-state index in [0.717, 1.165) is 5.56 Å². The zero-order chi connectivity index (χ0) is 11.6. The number of hydrogen-bond acceptors (Lipinski definition) is 3. The monoisotopic (exact) mass is 274 g/mol. The Balaban J connectivity index is 3.54. The number of halogens is 1. The van der Waals surface area contributed by atoms with E-state index >= 15 is 0 Å². The molecule has 1 aromatic rings. The van der Waals surface area contributed by atoms with Crippen LogP contribution in [-0.4, -0.2) is 25.3 Å². The fourth-order valence-electron chi connectivity index (χ4n) is 1.31. The molecular formula is C10H11BrO4. The second-order valence-electron chi connectivity index (χ2n) is 2.90. The molecule has 82 valence electrons.